The van der Waals surface area contributed by atoms with E-state index in [-0.39, 0.29) is 30.9 Å². The Bertz CT molecular complexity index is 1850. The normalized spacial score (nSPS) is 13.6. The fourth-order valence-corrected chi connectivity index (χ4v) is 5.36. The molecule has 2 heterocycles. The fraction of sp³-hybridized carbons (Fsp3) is 0.344. The monoisotopic (exact) mass is 731 g/mol. The quantitative estimate of drug-likeness (QED) is 0.109. The van der Waals surface area contributed by atoms with E-state index in [0.29, 0.717) is 21.3 Å². The Morgan fingerprint density at radius 2 is 1.58 bits per heavy atom. The van der Waals surface area contributed by atoms with Crippen molar-refractivity contribution in [1.82, 2.24) is 30.0 Å². The third-order valence-corrected chi connectivity index (χ3v) is 8.45. The lowest BCUT2D eigenvalue weighted by molar-refractivity contribution is -0.154. The number of anilines is 4. The highest BCUT2D eigenvalue weighted by atomic mass is 35.5. The molecule has 5 N–H and O–H groups in total. The maximum absolute atomic E-state index is 12.9. The summed E-state index contributed by atoms with van der Waals surface area (Å²) in [4.78, 5) is 49.7. The lowest BCUT2D eigenvalue weighted by Gasteiger charge is -2.25. The van der Waals surface area contributed by atoms with Crippen molar-refractivity contribution in [2.75, 3.05) is 35.6 Å². The van der Waals surface area contributed by atoms with Gasteiger partial charge in [0.25, 0.3) is 5.91 Å². The standard InChI is InChI=1S/C32H33ClF3N9O4S/c1-18-14-23(50-45-18)40-26(48)25(47)38-16-30(2,3)15-37-24(46)19-4-10-22(11-5-19)39-27-41-28(43-29(42-27)49-17-32(34,35)36)44-31(12-13-31)20-6-8-21(33)9-7-20/h4-11,14H,12-13,15-17H2,1-3H3,(H,37,46)(H,38,47)(H,40,48)(H2,39,41,42,43,44). The average Bonchev–Trinajstić information content (AvgIpc) is 3.73. The molecule has 0 atom stereocenters. The zero-order valence-electron chi connectivity index (χ0n) is 27.1. The maximum Gasteiger partial charge on any atom is 0.422 e. The molecule has 0 bridgehead atoms. The van der Waals surface area contributed by atoms with E-state index in [2.05, 4.69) is 45.9 Å². The molecule has 1 fully saturated rings. The van der Waals surface area contributed by atoms with Gasteiger partial charge in [0, 0.05) is 29.4 Å². The second kappa shape index (κ2) is 14.8. The molecule has 13 nitrogen and oxygen atoms in total. The molecule has 18 heteroatoms. The summed E-state index contributed by atoms with van der Waals surface area (Å²) in [5.74, 6) is -2.09. The van der Waals surface area contributed by atoms with Crippen LogP contribution in [0.2, 0.25) is 5.02 Å². The molecule has 264 valence electrons. The predicted molar refractivity (Wildman–Crippen MR) is 182 cm³/mol. The number of halogens is 4. The molecule has 5 rings (SSSR count). The molecular formula is C32H33ClF3N9O4S. The number of rotatable bonds is 13. The summed E-state index contributed by atoms with van der Waals surface area (Å²) in [6.07, 6.45) is -3.13. The number of benzene rings is 2. The van der Waals surface area contributed by atoms with E-state index in [9.17, 15) is 27.6 Å². The van der Waals surface area contributed by atoms with Crippen LogP contribution >= 0.6 is 23.1 Å². The minimum atomic E-state index is -4.60. The minimum Gasteiger partial charge on any atom is -0.454 e. The third kappa shape index (κ3) is 10.2. The molecule has 0 saturated heterocycles. The lowest BCUT2D eigenvalue weighted by atomic mass is 9.93. The highest BCUT2D eigenvalue weighted by Gasteiger charge is 2.45. The molecule has 2 aromatic carbocycles. The number of carbonyl (C=O) groups excluding carboxylic acids is 3. The summed E-state index contributed by atoms with van der Waals surface area (Å²) >= 11 is 7.09. The Hall–Kier alpha value is -5.03. The van der Waals surface area contributed by atoms with Crippen molar-refractivity contribution in [2.24, 2.45) is 5.41 Å². The van der Waals surface area contributed by atoms with Gasteiger partial charge in [-0.05, 0) is 84.7 Å². The Balaban J connectivity index is 1.18. The molecule has 0 unspecified atom stereocenters. The minimum absolute atomic E-state index is 0.0115. The van der Waals surface area contributed by atoms with E-state index in [1.54, 1.807) is 49.4 Å². The SMILES string of the molecule is Cc1cc(NC(=O)C(=O)NCC(C)(C)CNC(=O)c2ccc(Nc3nc(NC4(c5ccc(Cl)cc5)CC4)nc(OCC(F)(F)F)n3)cc2)sn1. The topological polar surface area (TPSA) is 172 Å². The largest absolute Gasteiger partial charge is 0.454 e. The Kier molecular flexibility index (Phi) is 10.8. The number of nitrogens with one attached hydrogen (secondary N) is 5. The van der Waals surface area contributed by atoms with Gasteiger partial charge in [0.2, 0.25) is 11.9 Å². The van der Waals surface area contributed by atoms with Crippen molar-refractivity contribution >= 4 is 63.4 Å². The van der Waals surface area contributed by atoms with E-state index in [1.165, 1.54) is 0 Å². The van der Waals surface area contributed by atoms with Crippen LogP contribution in [0.4, 0.5) is 35.8 Å². The van der Waals surface area contributed by atoms with Crippen LogP contribution < -0.4 is 31.3 Å². The number of nitrogens with zero attached hydrogens (tertiary/aromatic N) is 4. The lowest BCUT2D eigenvalue weighted by Crippen LogP contribution is -2.44. The molecule has 1 aliphatic rings. The fourth-order valence-electron chi connectivity index (χ4n) is 4.58. The molecule has 4 aromatic rings. The van der Waals surface area contributed by atoms with Gasteiger partial charge in [-0.2, -0.15) is 32.5 Å². The Labute approximate surface area is 294 Å². The van der Waals surface area contributed by atoms with Gasteiger partial charge in [0.05, 0.1) is 11.2 Å². The molecule has 1 saturated carbocycles. The molecule has 3 amide bonds. The van der Waals surface area contributed by atoms with Crippen LogP contribution in [0.3, 0.4) is 0 Å². The van der Waals surface area contributed by atoms with Crippen molar-refractivity contribution in [3.8, 4) is 6.01 Å². The first kappa shape index (κ1) is 36.3. The molecule has 1 aliphatic carbocycles. The first-order valence-corrected chi connectivity index (χ1v) is 16.4. The zero-order valence-corrected chi connectivity index (χ0v) is 28.6. The van der Waals surface area contributed by atoms with E-state index < -0.39 is 41.6 Å². The van der Waals surface area contributed by atoms with Gasteiger partial charge in [-0.25, -0.2) is 0 Å². The summed E-state index contributed by atoms with van der Waals surface area (Å²) in [6.45, 7) is 4.11. The molecule has 2 aromatic heterocycles. The van der Waals surface area contributed by atoms with Crippen LogP contribution in [0.25, 0.3) is 0 Å². The van der Waals surface area contributed by atoms with Crippen molar-refractivity contribution < 1.29 is 32.3 Å². The molecule has 0 aliphatic heterocycles. The van der Waals surface area contributed by atoms with Gasteiger partial charge in [-0.1, -0.05) is 37.6 Å². The zero-order chi connectivity index (χ0) is 36.1. The number of amides is 3. The predicted octanol–water partition coefficient (Wildman–Crippen LogP) is 5.59. The van der Waals surface area contributed by atoms with Gasteiger partial charge in [0.15, 0.2) is 6.61 Å². The second-order valence-corrected chi connectivity index (χ2v) is 13.6. The first-order valence-electron chi connectivity index (χ1n) is 15.3. The van der Waals surface area contributed by atoms with Gasteiger partial charge in [-0.15, -0.1) is 0 Å². The summed E-state index contributed by atoms with van der Waals surface area (Å²) in [5, 5.41) is 15.0. The van der Waals surface area contributed by atoms with E-state index in [4.69, 9.17) is 16.3 Å². The van der Waals surface area contributed by atoms with E-state index >= 15 is 0 Å². The van der Waals surface area contributed by atoms with Crippen LogP contribution in [0.5, 0.6) is 6.01 Å². The molecular weight excluding hydrogens is 699 g/mol. The average molecular weight is 732 g/mol. The van der Waals surface area contributed by atoms with Crippen molar-refractivity contribution in [2.45, 2.75) is 45.3 Å². The molecule has 0 spiro atoms. The number of aryl methyl sites for hydroxylation is 1. The Morgan fingerprint density at radius 3 is 2.20 bits per heavy atom. The number of aromatic nitrogens is 4. The van der Waals surface area contributed by atoms with Crippen LogP contribution in [0, 0.1) is 12.3 Å². The molecule has 50 heavy (non-hydrogen) atoms. The number of hydrogen-bond donors (Lipinski definition) is 5. The van der Waals surface area contributed by atoms with Crippen molar-refractivity contribution in [3.63, 3.8) is 0 Å². The van der Waals surface area contributed by atoms with Crippen molar-refractivity contribution in [1.29, 1.82) is 0 Å². The van der Waals surface area contributed by atoms with Crippen LogP contribution in [-0.2, 0) is 15.1 Å². The third-order valence-electron chi connectivity index (χ3n) is 7.41. The number of carbonyl (C=O) groups is 3. The summed E-state index contributed by atoms with van der Waals surface area (Å²) in [6, 6.07) is 14.6. The van der Waals surface area contributed by atoms with Gasteiger partial charge >= 0.3 is 24.0 Å². The smallest absolute Gasteiger partial charge is 0.422 e. The first-order chi connectivity index (χ1) is 23.6. The van der Waals surface area contributed by atoms with Crippen LogP contribution in [0.1, 0.15) is 48.3 Å². The maximum atomic E-state index is 12.9. The van der Waals surface area contributed by atoms with Crippen molar-refractivity contribution in [3.05, 3.63) is 76.4 Å². The van der Waals surface area contributed by atoms with E-state index in [1.807, 2.05) is 26.0 Å². The Morgan fingerprint density at radius 1 is 0.920 bits per heavy atom. The van der Waals surface area contributed by atoms with Gasteiger partial charge < -0.3 is 31.3 Å². The summed E-state index contributed by atoms with van der Waals surface area (Å²) in [7, 11) is 0. The summed E-state index contributed by atoms with van der Waals surface area (Å²) in [5.41, 5.74) is 1.28. The number of ether oxygens (including phenoxy) is 1. The number of alkyl halides is 3. The van der Waals surface area contributed by atoms with Crippen LogP contribution in [0.15, 0.2) is 54.6 Å². The van der Waals surface area contributed by atoms with Gasteiger partial charge in [-0.3, -0.25) is 14.4 Å². The second-order valence-electron chi connectivity index (χ2n) is 12.4. The summed E-state index contributed by atoms with van der Waals surface area (Å²) < 4.78 is 47.6. The van der Waals surface area contributed by atoms with Crippen LogP contribution in [-0.4, -0.2) is 62.9 Å². The molecule has 0 radical (unpaired) electrons. The number of hydrogen-bond acceptors (Lipinski definition) is 11. The van der Waals surface area contributed by atoms with Gasteiger partial charge in [0.1, 0.15) is 5.00 Å². The highest BCUT2D eigenvalue weighted by molar-refractivity contribution is 7.10. The van der Waals surface area contributed by atoms with E-state index in [0.717, 1.165) is 35.6 Å². The highest BCUT2D eigenvalue weighted by Crippen LogP contribution is 2.48.